The van der Waals surface area contributed by atoms with Crippen molar-refractivity contribution in [1.29, 1.82) is 5.26 Å². The molecule has 0 spiro atoms. The molecular formula is C27H30N8O. The Bertz CT molecular complexity index is 1390. The molecule has 2 atom stereocenters. The third-order valence-corrected chi connectivity index (χ3v) is 6.33. The van der Waals surface area contributed by atoms with Gasteiger partial charge in [0.1, 0.15) is 12.4 Å². The molecule has 2 aliphatic rings. The number of nitriles is 1. The van der Waals surface area contributed by atoms with Gasteiger partial charge in [-0.05, 0) is 39.1 Å². The van der Waals surface area contributed by atoms with Crippen molar-refractivity contribution in [2.75, 3.05) is 38.0 Å². The van der Waals surface area contributed by atoms with E-state index >= 15 is 0 Å². The van der Waals surface area contributed by atoms with Crippen LogP contribution in [0, 0.1) is 23.2 Å². The fourth-order valence-corrected chi connectivity index (χ4v) is 4.28. The predicted octanol–water partition coefficient (Wildman–Crippen LogP) is 4.21. The smallest absolute Gasteiger partial charge is 0.229 e. The number of nitrogens with one attached hydrogen (secondary N) is 2. The van der Waals surface area contributed by atoms with Crippen LogP contribution in [0.2, 0.25) is 0 Å². The van der Waals surface area contributed by atoms with Gasteiger partial charge in [-0.1, -0.05) is 37.3 Å². The van der Waals surface area contributed by atoms with Crippen molar-refractivity contribution in [1.82, 2.24) is 24.8 Å². The van der Waals surface area contributed by atoms with Gasteiger partial charge in [-0.25, -0.2) is 4.98 Å². The highest BCUT2D eigenvalue weighted by Gasteiger charge is 2.25. The molecule has 9 nitrogen and oxygen atoms in total. The molecule has 0 radical (unpaired) electrons. The summed E-state index contributed by atoms with van der Waals surface area (Å²) in [4.78, 5) is 13.5. The summed E-state index contributed by atoms with van der Waals surface area (Å²) >= 11 is 0. The second-order valence-electron chi connectivity index (χ2n) is 9.41. The second kappa shape index (κ2) is 10.2. The van der Waals surface area contributed by atoms with Gasteiger partial charge in [-0.3, -0.25) is 5.43 Å². The van der Waals surface area contributed by atoms with Gasteiger partial charge < -0.3 is 15.0 Å². The molecule has 2 N–H and O–H groups in total. The largest absolute Gasteiger partial charge is 0.496 e. The Morgan fingerprint density at radius 2 is 2.11 bits per heavy atom. The molecule has 2 heterocycles. The van der Waals surface area contributed by atoms with Crippen molar-refractivity contribution >= 4 is 28.7 Å². The van der Waals surface area contributed by atoms with Gasteiger partial charge >= 0.3 is 0 Å². The average Bonchev–Trinajstić information content (AvgIpc) is 3.28. The average molecular weight is 483 g/mol. The van der Waals surface area contributed by atoms with Gasteiger partial charge in [-0.2, -0.15) is 20.1 Å². The SMILES string of the molecule is CC1Cc2c(nc(NC3=CCC(C#N)C=C3)nc2Nn2ncc3ccccc32)C=C1OCCN(C)C. The summed E-state index contributed by atoms with van der Waals surface area (Å²) in [5, 5.41) is 18.0. The monoisotopic (exact) mass is 482 g/mol. The summed E-state index contributed by atoms with van der Waals surface area (Å²) in [6.45, 7) is 3.63. The van der Waals surface area contributed by atoms with Gasteiger partial charge in [0, 0.05) is 35.2 Å². The minimum Gasteiger partial charge on any atom is -0.496 e. The maximum atomic E-state index is 9.16. The minimum absolute atomic E-state index is 0.100. The highest BCUT2D eigenvalue weighted by molar-refractivity contribution is 5.79. The van der Waals surface area contributed by atoms with E-state index in [0.29, 0.717) is 24.8 Å². The number of allylic oxidation sites excluding steroid dienone is 4. The first kappa shape index (κ1) is 23.6. The van der Waals surface area contributed by atoms with Crippen LogP contribution >= 0.6 is 0 Å². The van der Waals surface area contributed by atoms with E-state index in [1.54, 1.807) is 4.79 Å². The Morgan fingerprint density at radius 1 is 1.25 bits per heavy atom. The standard InChI is InChI=1S/C27H30N8O/c1-18-14-22-23(15-25(18)36-13-12-34(2)3)31-27(30-21-10-8-19(16-28)9-11-21)32-26(22)33-35-24-7-5-4-6-20(24)17-29-35/h4-8,10-11,15,17-19H,9,12-14H2,1-3H3,(H2,30,31,32,33). The normalized spacial score (nSPS) is 18.9. The molecule has 0 saturated carbocycles. The van der Waals surface area contributed by atoms with Crippen LogP contribution in [0.4, 0.5) is 11.8 Å². The fraction of sp³-hybridized carbons (Fsp3) is 0.333. The van der Waals surface area contributed by atoms with Crippen LogP contribution < -0.4 is 10.7 Å². The number of benzene rings is 1. The number of para-hydroxylation sites is 1. The van der Waals surface area contributed by atoms with Gasteiger partial charge in [0.05, 0.1) is 29.4 Å². The van der Waals surface area contributed by atoms with E-state index in [9.17, 15) is 0 Å². The van der Waals surface area contributed by atoms with E-state index in [4.69, 9.17) is 20.0 Å². The van der Waals surface area contributed by atoms with Crippen LogP contribution in [-0.4, -0.2) is 52.0 Å². The highest BCUT2D eigenvalue weighted by Crippen LogP contribution is 2.33. The molecule has 0 amide bonds. The van der Waals surface area contributed by atoms with Crippen molar-refractivity contribution < 1.29 is 4.74 Å². The zero-order valence-electron chi connectivity index (χ0n) is 20.8. The molecule has 0 fully saturated rings. The second-order valence-corrected chi connectivity index (χ2v) is 9.41. The van der Waals surface area contributed by atoms with Crippen LogP contribution in [0.1, 0.15) is 24.6 Å². The third-order valence-electron chi connectivity index (χ3n) is 6.33. The summed E-state index contributed by atoms with van der Waals surface area (Å²) < 4.78 is 6.13. The number of anilines is 2. The maximum absolute atomic E-state index is 9.16. The van der Waals surface area contributed by atoms with Gasteiger partial charge in [0.15, 0.2) is 5.82 Å². The molecule has 184 valence electrons. The topological polar surface area (TPSA) is 104 Å². The lowest BCUT2D eigenvalue weighted by Crippen LogP contribution is -2.23. The molecule has 0 aliphatic heterocycles. The number of rotatable bonds is 8. The molecule has 0 bridgehead atoms. The summed E-state index contributed by atoms with van der Waals surface area (Å²) in [5.41, 5.74) is 7.07. The summed E-state index contributed by atoms with van der Waals surface area (Å²) in [6, 6.07) is 10.3. The molecule has 1 aromatic carbocycles. The molecule has 2 aliphatic carbocycles. The van der Waals surface area contributed by atoms with E-state index in [0.717, 1.165) is 46.6 Å². The number of aromatic nitrogens is 4. The number of hydrogen-bond donors (Lipinski definition) is 2. The first-order valence-corrected chi connectivity index (χ1v) is 12.1. The number of nitrogens with zero attached hydrogens (tertiary/aromatic N) is 6. The predicted molar refractivity (Wildman–Crippen MR) is 141 cm³/mol. The van der Waals surface area contributed by atoms with Gasteiger partial charge in [0.25, 0.3) is 0 Å². The number of hydrogen-bond acceptors (Lipinski definition) is 8. The van der Waals surface area contributed by atoms with Crippen LogP contribution in [0.5, 0.6) is 0 Å². The van der Waals surface area contributed by atoms with E-state index in [-0.39, 0.29) is 11.8 Å². The molecule has 2 aromatic heterocycles. The van der Waals surface area contributed by atoms with Crippen LogP contribution in [0.15, 0.2) is 60.1 Å². The lowest BCUT2D eigenvalue weighted by atomic mass is 9.92. The summed E-state index contributed by atoms with van der Waals surface area (Å²) in [6.07, 6.45) is 11.1. The molecule has 3 aromatic rings. The van der Waals surface area contributed by atoms with Crippen molar-refractivity contribution in [2.45, 2.75) is 19.8 Å². The lowest BCUT2D eigenvalue weighted by molar-refractivity contribution is 0.160. The van der Waals surface area contributed by atoms with Crippen LogP contribution in [0.25, 0.3) is 17.0 Å². The number of fused-ring (bicyclic) bond motifs is 2. The van der Waals surface area contributed by atoms with Crippen LogP contribution in [-0.2, 0) is 11.2 Å². The molecule has 36 heavy (non-hydrogen) atoms. The van der Waals surface area contributed by atoms with Crippen LogP contribution in [0.3, 0.4) is 0 Å². The third kappa shape index (κ3) is 5.09. The molecular weight excluding hydrogens is 452 g/mol. The van der Waals surface area contributed by atoms with Crippen molar-refractivity contribution in [3.63, 3.8) is 0 Å². The summed E-state index contributed by atoms with van der Waals surface area (Å²) in [7, 11) is 4.07. The van der Waals surface area contributed by atoms with E-state index in [1.807, 2.05) is 68.9 Å². The molecule has 9 heteroatoms. The number of ether oxygens (including phenoxy) is 1. The van der Waals surface area contributed by atoms with Gasteiger partial charge in [-0.15, -0.1) is 0 Å². The first-order chi connectivity index (χ1) is 17.5. The summed E-state index contributed by atoms with van der Waals surface area (Å²) in [5.74, 6) is 2.19. The minimum atomic E-state index is -0.100. The van der Waals surface area contributed by atoms with E-state index < -0.39 is 0 Å². The Hall–Kier alpha value is -4.16. The van der Waals surface area contributed by atoms with Gasteiger partial charge in [0.2, 0.25) is 5.95 Å². The Morgan fingerprint density at radius 3 is 2.89 bits per heavy atom. The van der Waals surface area contributed by atoms with Crippen molar-refractivity contribution in [3.8, 4) is 6.07 Å². The van der Waals surface area contributed by atoms with E-state index in [1.165, 1.54) is 0 Å². The molecule has 2 unspecified atom stereocenters. The molecule has 0 saturated heterocycles. The zero-order chi connectivity index (χ0) is 25.1. The maximum Gasteiger partial charge on any atom is 0.229 e. The Kier molecular flexibility index (Phi) is 6.69. The first-order valence-electron chi connectivity index (χ1n) is 12.1. The quantitative estimate of drug-likeness (QED) is 0.492. The van der Waals surface area contributed by atoms with E-state index in [2.05, 4.69) is 33.7 Å². The fourth-order valence-electron chi connectivity index (χ4n) is 4.28. The highest BCUT2D eigenvalue weighted by atomic mass is 16.5. The lowest BCUT2D eigenvalue weighted by Gasteiger charge is -2.25. The van der Waals surface area contributed by atoms with Crippen molar-refractivity contribution in [2.24, 2.45) is 11.8 Å². The Balaban J connectivity index is 1.49. The molecule has 5 rings (SSSR count). The number of likely N-dealkylation sites (N-methyl/N-ethyl adjacent to an activating group) is 1. The van der Waals surface area contributed by atoms with Crippen molar-refractivity contribution in [3.05, 3.63) is 71.4 Å². The zero-order valence-corrected chi connectivity index (χ0v) is 20.8. The Labute approximate surface area is 210 Å².